The summed E-state index contributed by atoms with van der Waals surface area (Å²) in [5, 5.41) is 12.9. The fourth-order valence-corrected chi connectivity index (χ4v) is 3.96. The first-order chi connectivity index (χ1) is 11.0. The number of hydrogen-bond acceptors (Lipinski definition) is 5. The second-order valence-electron chi connectivity index (χ2n) is 4.76. The molecule has 3 aromatic rings. The number of nitrogens with one attached hydrogen (secondary N) is 1. The molecule has 0 aliphatic rings. The first kappa shape index (κ1) is 15.3. The molecule has 0 atom stereocenters. The predicted molar refractivity (Wildman–Crippen MR) is 87.8 cm³/mol. The maximum absolute atomic E-state index is 12.3. The van der Waals surface area contributed by atoms with Gasteiger partial charge in [-0.15, -0.1) is 5.10 Å². The van der Waals surface area contributed by atoms with Gasteiger partial charge in [-0.1, -0.05) is 29.5 Å². The molecule has 1 heterocycles. The van der Waals surface area contributed by atoms with Crippen molar-refractivity contribution in [3.05, 3.63) is 58.9 Å². The molecule has 0 amide bonds. The van der Waals surface area contributed by atoms with E-state index in [0.717, 1.165) is 10.2 Å². The minimum Gasteiger partial charge on any atom is -0.318 e. The Balaban J connectivity index is 2.00. The van der Waals surface area contributed by atoms with E-state index in [1.54, 1.807) is 6.07 Å². The van der Waals surface area contributed by atoms with Gasteiger partial charge in [0.05, 0.1) is 26.7 Å². The number of aryl methyl sites for hydroxylation is 1. The topological polar surface area (TPSA) is 87.2 Å². The summed E-state index contributed by atoms with van der Waals surface area (Å²) in [6.07, 6.45) is 0. The van der Waals surface area contributed by atoms with Crippen LogP contribution in [0.15, 0.2) is 58.5 Å². The molecule has 3 rings (SSSR count). The van der Waals surface area contributed by atoms with Gasteiger partial charge in [-0.2, -0.15) is 18.5 Å². The summed E-state index contributed by atoms with van der Waals surface area (Å²) in [7, 11) is -2.00. The number of rotatable bonds is 3. The minimum atomic E-state index is -3.82. The number of para-hydroxylation sites is 1. The lowest BCUT2D eigenvalue weighted by atomic mass is 10.2. The van der Waals surface area contributed by atoms with Gasteiger partial charge in [0.15, 0.2) is 0 Å². The van der Waals surface area contributed by atoms with E-state index in [-0.39, 0.29) is 10.5 Å². The molecule has 8 heteroatoms. The Hall–Kier alpha value is -2.63. The van der Waals surface area contributed by atoms with Crippen molar-refractivity contribution in [2.75, 3.05) is 0 Å². The van der Waals surface area contributed by atoms with Crippen LogP contribution in [-0.4, -0.2) is 13.0 Å². The van der Waals surface area contributed by atoms with Crippen LogP contribution in [0.2, 0.25) is 0 Å². The fraction of sp³-hybridized carbons (Fsp3) is 0.0667. The van der Waals surface area contributed by atoms with Gasteiger partial charge in [-0.3, -0.25) is 0 Å². The highest BCUT2D eigenvalue weighted by molar-refractivity contribution is 7.89. The molecule has 0 unspecified atom stereocenters. The molecule has 0 saturated heterocycles. The van der Waals surface area contributed by atoms with E-state index in [4.69, 9.17) is 5.26 Å². The van der Waals surface area contributed by atoms with Crippen molar-refractivity contribution in [1.82, 2.24) is 9.40 Å². The lowest BCUT2D eigenvalue weighted by Gasteiger charge is -2.03. The second-order valence-corrected chi connectivity index (χ2v) is 7.43. The zero-order chi connectivity index (χ0) is 16.4. The summed E-state index contributed by atoms with van der Waals surface area (Å²) in [5.41, 5.74) is 1.25. The van der Waals surface area contributed by atoms with Crippen molar-refractivity contribution in [3.8, 4) is 6.07 Å². The largest absolute Gasteiger partial charge is 0.318 e. The van der Waals surface area contributed by atoms with Crippen molar-refractivity contribution in [2.24, 2.45) is 12.1 Å². The van der Waals surface area contributed by atoms with Crippen LogP contribution in [0.3, 0.4) is 0 Å². The summed E-state index contributed by atoms with van der Waals surface area (Å²) in [6.45, 7) is 0. The third-order valence-electron chi connectivity index (χ3n) is 3.25. The average Bonchev–Trinajstić information content (AvgIpc) is 2.90. The highest BCUT2D eigenvalue weighted by Gasteiger charge is 2.13. The van der Waals surface area contributed by atoms with Gasteiger partial charge >= 0.3 is 0 Å². The average molecular weight is 344 g/mol. The van der Waals surface area contributed by atoms with Crippen molar-refractivity contribution >= 4 is 31.6 Å². The SMILES string of the molecule is Cn1/c(=N/NS(=O)(=O)c2cccc(C#N)c2)sc2ccccc21. The summed E-state index contributed by atoms with van der Waals surface area (Å²) < 4.78 is 27.4. The molecular formula is C15H12N4O2S2. The van der Waals surface area contributed by atoms with Crippen LogP contribution in [0.4, 0.5) is 0 Å². The van der Waals surface area contributed by atoms with Crippen LogP contribution in [0, 0.1) is 11.3 Å². The number of sulfonamides is 1. The third kappa shape index (κ3) is 2.97. The van der Waals surface area contributed by atoms with Crippen LogP contribution < -0.4 is 9.63 Å². The maximum Gasteiger partial charge on any atom is 0.276 e. The Morgan fingerprint density at radius 1 is 1.22 bits per heavy atom. The zero-order valence-corrected chi connectivity index (χ0v) is 13.7. The lowest BCUT2D eigenvalue weighted by Crippen LogP contribution is -2.23. The van der Waals surface area contributed by atoms with E-state index in [2.05, 4.69) is 9.93 Å². The van der Waals surface area contributed by atoms with Crippen LogP contribution in [0.5, 0.6) is 0 Å². The predicted octanol–water partition coefficient (Wildman–Crippen LogP) is 1.91. The zero-order valence-electron chi connectivity index (χ0n) is 12.1. The summed E-state index contributed by atoms with van der Waals surface area (Å²) >= 11 is 1.38. The van der Waals surface area contributed by atoms with Crippen LogP contribution in [0.25, 0.3) is 10.2 Å². The number of aromatic nitrogens is 1. The number of nitriles is 1. The van der Waals surface area contributed by atoms with E-state index in [9.17, 15) is 8.42 Å². The highest BCUT2D eigenvalue weighted by Crippen LogP contribution is 2.15. The molecule has 2 aromatic carbocycles. The molecule has 23 heavy (non-hydrogen) atoms. The third-order valence-corrected chi connectivity index (χ3v) is 5.57. The number of fused-ring (bicyclic) bond motifs is 1. The minimum absolute atomic E-state index is 0.00376. The molecule has 0 fully saturated rings. The van der Waals surface area contributed by atoms with Crippen LogP contribution in [-0.2, 0) is 17.1 Å². The van der Waals surface area contributed by atoms with E-state index in [0.29, 0.717) is 4.80 Å². The van der Waals surface area contributed by atoms with E-state index in [1.165, 1.54) is 29.5 Å². The standard InChI is InChI=1S/C15H12N4O2S2/c1-19-13-7-2-3-8-14(13)22-15(19)17-18-23(20,21)12-6-4-5-11(9-12)10-16/h2-9,18H,1H3/b17-15-. The van der Waals surface area contributed by atoms with Gasteiger partial charge in [0.25, 0.3) is 10.0 Å². The van der Waals surface area contributed by atoms with Gasteiger partial charge in [0, 0.05) is 7.05 Å². The summed E-state index contributed by atoms with van der Waals surface area (Å²) in [5.74, 6) is 0. The van der Waals surface area contributed by atoms with Crippen molar-refractivity contribution in [1.29, 1.82) is 5.26 Å². The molecule has 1 N–H and O–H groups in total. The summed E-state index contributed by atoms with van der Waals surface area (Å²) in [4.78, 5) is 2.76. The number of benzene rings is 2. The molecule has 0 saturated carbocycles. The molecule has 116 valence electrons. The summed E-state index contributed by atoms with van der Waals surface area (Å²) in [6, 6.07) is 15.4. The Kier molecular flexibility index (Phi) is 3.90. The molecule has 0 bridgehead atoms. The normalized spacial score (nSPS) is 12.3. The molecule has 0 radical (unpaired) electrons. The first-order valence-electron chi connectivity index (χ1n) is 6.61. The molecule has 0 spiro atoms. The quantitative estimate of drug-likeness (QED) is 0.736. The van der Waals surface area contributed by atoms with Gasteiger partial charge in [-0.25, -0.2) is 0 Å². The number of nitrogens with zero attached hydrogens (tertiary/aromatic N) is 3. The number of hydrogen-bond donors (Lipinski definition) is 1. The van der Waals surface area contributed by atoms with E-state index in [1.807, 2.05) is 41.9 Å². The second kappa shape index (κ2) is 5.87. The fourth-order valence-electron chi connectivity index (χ4n) is 2.07. The monoisotopic (exact) mass is 344 g/mol. The molecule has 1 aromatic heterocycles. The maximum atomic E-state index is 12.3. The molecule has 6 nitrogen and oxygen atoms in total. The number of thiazole rings is 1. The van der Waals surface area contributed by atoms with Crippen LogP contribution in [0.1, 0.15) is 5.56 Å². The Morgan fingerprint density at radius 2 is 2.00 bits per heavy atom. The van der Waals surface area contributed by atoms with Crippen molar-refractivity contribution in [3.63, 3.8) is 0 Å². The highest BCUT2D eigenvalue weighted by atomic mass is 32.2. The van der Waals surface area contributed by atoms with Crippen LogP contribution >= 0.6 is 11.3 Å². The first-order valence-corrected chi connectivity index (χ1v) is 8.91. The van der Waals surface area contributed by atoms with Crippen molar-refractivity contribution in [2.45, 2.75) is 4.90 Å². The molecule has 0 aliphatic heterocycles. The van der Waals surface area contributed by atoms with E-state index >= 15 is 0 Å². The van der Waals surface area contributed by atoms with Gasteiger partial charge in [0.1, 0.15) is 0 Å². The lowest BCUT2D eigenvalue weighted by molar-refractivity contribution is 0.582. The Bertz CT molecular complexity index is 1090. The van der Waals surface area contributed by atoms with Gasteiger partial charge in [-0.05, 0) is 30.3 Å². The molecular weight excluding hydrogens is 332 g/mol. The Labute approximate surface area is 137 Å². The smallest absolute Gasteiger partial charge is 0.276 e. The van der Waals surface area contributed by atoms with E-state index < -0.39 is 10.0 Å². The van der Waals surface area contributed by atoms with Gasteiger partial charge in [0.2, 0.25) is 4.80 Å². The Morgan fingerprint density at radius 3 is 2.74 bits per heavy atom. The van der Waals surface area contributed by atoms with Crippen molar-refractivity contribution < 1.29 is 8.42 Å². The van der Waals surface area contributed by atoms with Gasteiger partial charge < -0.3 is 4.57 Å². The molecule has 0 aliphatic carbocycles.